The maximum atomic E-state index is 12.6. The van der Waals surface area contributed by atoms with E-state index in [-0.39, 0.29) is 11.6 Å². The van der Waals surface area contributed by atoms with Gasteiger partial charge < -0.3 is 5.32 Å². The lowest BCUT2D eigenvalue weighted by Crippen LogP contribution is -2.11. The van der Waals surface area contributed by atoms with E-state index < -0.39 is 4.92 Å². The summed E-state index contributed by atoms with van der Waals surface area (Å²) >= 11 is 0. The first-order valence-corrected chi connectivity index (χ1v) is 9.78. The maximum absolute atomic E-state index is 12.6. The second-order valence-electron chi connectivity index (χ2n) is 7.23. The topological polar surface area (TPSA) is 115 Å². The zero-order valence-corrected chi connectivity index (χ0v) is 16.9. The van der Waals surface area contributed by atoms with Gasteiger partial charge in [-0.25, -0.2) is 0 Å². The number of rotatable bonds is 4. The van der Waals surface area contributed by atoms with Gasteiger partial charge in [-0.2, -0.15) is 9.61 Å². The molecule has 156 valence electrons. The summed E-state index contributed by atoms with van der Waals surface area (Å²) in [5.41, 5.74) is 3.05. The third-order valence-corrected chi connectivity index (χ3v) is 5.17. The smallest absolute Gasteiger partial charge is 0.269 e. The van der Waals surface area contributed by atoms with Gasteiger partial charge in [-0.15, -0.1) is 10.2 Å². The molecule has 0 aliphatic rings. The van der Waals surface area contributed by atoms with Crippen LogP contribution in [0.2, 0.25) is 0 Å². The molecular weight excluding hydrogens is 408 g/mol. The Morgan fingerprint density at radius 1 is 0.969 bits per heavy atom. The summed E-state index contributed by atoms with van der Waals surface area (Å²) in [6.45, 7) is 1.94. The number of aromatic nitrogens is 4. The molecule has 9 nitrogen and oxygen atoms in total. The Labute approximate surface area is 181 Å². The standard InChI is InChI=1S/C23H16N6O3/c1-14-19-7-2-3-8-20(19)22-26-25-21(28(22)27-14)16-5-4-6-17(13-16)24-23(30)15-9-11-18(12-10-15)29(31)32/h2-13H,1H3,(H,24,30). The molecule has 0 aliphatic heterocycles. The number of anilines is 1. The highest BCUT2D eigenvalue weighted by atomic mass is 16.6. The highest BCUT2D eigenvalue weighted by Crippen LogP contribution is 2.26. The van der Waals surface area contributed by atoms with Crippen LogP contribution in [-0.2, 0) is 0 Å². The molecule has 0 aliphatic carbocycles. The van der Waals surface area contributed by atoms with E-state index in [9.17, 15) is 14.9 Å². The van der Waals surface area contributed by atoms with Gasteiger partial charge in [0, 0.05) is 39.7 Å². The van der Waals surface area contributed by atoms with Crippen molar-refractivity contribution in [1.82, 2.24) is 19.8 Å². The lowest BCUT2D eigenvalue weighted by atomic mass is 10.1. The predicted octanol–water partition coefficient (Wildman–Crippen LogP) is 4.41. The van der Waals surface area contributed by atoms with Crippen LogP contribution in [0, 0.1) is 17.0 Å². The van der Waals surface area contributed by atoms with Gasteiger partial charge in [0.2, 0.25) is 0 Å². The van der Waals surface area contributed by atoms with Crippen molar-refractivity contribution in [3.63, 3.8) is 0 Å². The van der Waals surface area contributed by atoms with Crippen molar-refractivity contribution in [1.29, 1.82) is 0 Å². The van der Waals surface area contributed by atoms with E-state index in [0.29, 0.717) is 22.7 Å². The average Bonchev–Trinajstić information content (AvgIpc) is 3.23. The largest absolute Gasteiger partial charge is 0.322 e. The van der Waals surface area contributed by atoms with E-state index in [1.165, 1.54) is 24.3 Å². The molecule has 2 aromatic heterocycles. The van der Waals surface area contributed by atoms with Gasteiger partial charge in [-0.1, -0.05) is 36.4 Å². The zero-order valence-electron chi connectivity index (χ0n) is 16.9. The van der Waals surface area contributed by atoms with Crippen LogP contribution in [0.4, 0.5) is 11.4 Å². The van der Waals surface area contributed by atoms with Crippen molar-refractivity contribution in [2.24, 2.45) is 0 Å². The van der Waals surface area contributed by atoms with Crippen LogP contribution < -0.4 is 5.32 Å². The Bertz CT molecular complexity index is 1510. The number of carbonyl (C=O) groups excluding carboxylic acids is 1. The van der Waals surface area contributed by atoms with Crippen LogP contribution in [0.5, 0.6) is 0 Å². The highest BCUT2D eigenvalue weighted by Gasteiger charge is 2.15. The molecule has 0 radical (unpaired) electrons. The van der Waals surface area contributed by atoms with Gasteiger partial charge in [-0.3, -0.25) is 14.9 Å². The van der Waals surface area contributed by atoms with Gasteiger partial charge >= 0.3 is 0 Å². The highest BCUT2D eigenvalue weighted by molar-refractivity contribution is 6.04. The number of hydrogen-bond acceptors (Lipinski definition) is 6. The molecule has 5 rings (SSSR count). The first-order chi connectivity index (χ1) is 15.5. The number of non-ortho nitro benzene ring substituents is 1. The molecule has 0 unspecified atom stereocenters. The van der Waals surface area contributed by atoms with Gasteiger partial charge in [0.05, 0.1) is 10.6 Å². The van der Waals surface area contributed by atoms with Crippen LogP contribution in [0.1, 0.15) is 16.1 Å². The molecular formula is C23H16N6O3. The Morgan fingerprint density at radius 2 is 1.72 bits per heavy atom. The summed E-state index contributed by atoms with van der Waals surface area (Å²) in [6, 6.07) is 20.5. The van der Waals surface area contributed by atoms with Crippen molar-refractivity contribution in [2.75, 3.05) is 5.32 Å². The van der Waals surface area contributed by atoms with Gasteiger partial charge in [0.1, 0.15) is 0 Å². The number of fused-ring (bicyclic) bond motifs is 3. The molecule has 0 fully saturated rings. The van der Waals surface area contributed by atoms with Crippen molar-refractivity contribution in [2.45, 2.75) is 6.92 Å². The maximum Gasteiger partial charge on any atom is 0.269 e. The SMILES string of the molecule is Cc1nn2c(-c3cccc(NC(=O)c4ccc([N+](=O)[O-])cc4)c3)nnc2c2ccccc12. The van der Waals surface area contributed by atoms with Crippen molar-refractivity contribution in [3.05, 3.63) is 94.2 Å². The summed E-state index contributed by atoms with van der Waals surface area (Å²) < 4.78 is 1.70. The number of amides is 1. The number of nitrogens with one attached hydrogen (secondary N) is 1. The number of nitrogens with zero attached hydrogens (tertiary/aromatic N) is 5. The Hall–Kier alpha value is -4.66. The van der Waals surface area contributed by atoms with E-state index in [2.05, 4.69) is 20.6 Å². The van der Waals surface area contributed by atoms with E-state index in [1.807, 2.05) is 37.3 Å². The van der Waals surface area contributed by atoms with Crippen LogP contribution in [0.3, 0.4) is 0 Å². The predicted molar refractivity (Wildman–Crippen MR) is 120 cm³/mol. The van der Waals surface area contributed by atoms with E-state index in [1.54, 1.807) is 22.7 Å². The van der Waals surface area contributed by atoms with Crippen molar-refractivity contribution < 1.29 is 9.72 Å². The minimum absolute atomic E-state index is 0.0717. The molecule has 1 N–H and O–H groups in total. The minimum atomic E-state index is -0.507. The second-order valence-corrected chi connectivity index (χ2v) is 7.23. The molecule has 3 aromatic carbocycles. The lowest BCUT2D eigenvalue weighted by molar-refractivity contribution is -0.384. The molecule has 2 heterocycles. The van der Waals surface area contributed by atoms with Crippen LogP contribution in [0.25, 0.3) is 27.8 Å². The van der Waals surface area contributed by atoms with Crippen LogP contribution >= 0.6 is 0 Å². The quantitative estimate of drug-likeness (QED) is 0.337. The van der Waals surface area contributed by atoms with Gasteiger partial charge in [-0.05, 0) is 31.2 Å². The van der Waals surface area contributed by atoms with E-state index in [0.717, 1.165) is 22.0 Å². The summed E-state index contributed by atoms with van der Waals surface area (Å²) in [5.74, 6) is 0.184. The molecule has 0 atom stereocenters. The fourth-order valence-electron chi connectivity index (χ4n) is 3.59. The fourth-order valence-corrected chi connectivity index (χ4v) is 3.59. The lowest BCUT2D eigenvalue weighted by Gasteiger charge is -2.08. The van der Waals surface area contributed by atoms with E-state index in [4.69, 9.17) is 0 Å². The number of nitro groups is 1. The number of aryl methyl sites for hydroxylation is 1. The van der Waals surface area contributed by atoms with Crippen molar-refractivity contribution in [3.8, 4) is 11.4 Å². The summed E-state index contributed by atoms with van der Waals surface area (Å²) in [7, 11) is 0. The molecule has 0 saturated carbocycles. The van der Waals surface area contributed by atoms with E-state index >= 15 is 0 Å². The van der Waals surface area contributed by atoms with Gasteiger partial charge in [0.25, 0.3) is 11.6 Å². The molecule has 5 aromatic rings. The van der Waals surface area contributed by atoms with Crippen LogP contribution in [-0.4, -0.2) is 30.6 Å². The Balaban J connectivity index is 1.48. The summed E-state index contributed by atoms with van der Waals surface area (Å²) in [5, 5.41) is 28.9. The summed E-state index contributed by atoms with van der Waals surface area (Å²) in [6.07, 6.45) is 0. The zero-order chi connectivity index (χ0) is 22.2. The van der Waals surface area contributed by atoms with Crippen molar-refractivity contribution >= 4 is 33.7 Å². The second kappa shape index (κ2) is 7.55. The Kier molecular flexibility index (Phi) is 4.55. The molecule has 1 amide bonds. The molecule has 9 heteroatoms. The number of benzene rings is 3. The minimum Gasteiger partial charge on any atom is -0.322 e. The third kappa shape index (κ3) is 3.31. The molecule has 0 bridgehead atoms. The van der Waals surface area contributed by atoms with Gasteiger partial charge in [0.15, 0.2) is 11.5 Å². The Morgan fingerprint density at radius 3 is 2.47 bits per heavy atom. The van der Waals surface area contributed by atoms with Crippen LogP contribution in [0.15, 0.2) is 72.8 Å². The molecule has 0 spiro atoms. The first-order valence-electron chi connectivity index (χ1n) is 9.78. The monoisotopic (exact) mass is 424 g/mol. The average molecular weight is 424 g/mol. The number of carbonyl (C=O) groups is 1. The number of hydrogen-bond donors (Lipinski definition) is 1. The fraction of sp³-hybridized carbons (Fsp3) is 0.0435. The summed E-state index contributed by atoms with van der Waals surface area (Å²) in [4.78, 5) is 22.9. The normalized spacial score (nSPS) is 11.0. The molecule has 32 heavy (non-hydrogen) atoms. The number of nitro benzene ring substituents is 1. The third-order valence-electron chi connectivity index (χ3n) is 5.17. The first kappa shape index (κ1) is 19.3. The molecule has 0 saturated heterocycles.